The number of methoxy groups -OCH3 is 2. The Morgan fingerprint density at radius 3 is 2.40 bits per heavy atom. The van der Waals surface area contributed by atoms with Gasteiger partial charge in [0.25, 0.3) is 5.56 Å². The molecule has 0 aliphatic heterocycles. The molecular formula is C22H25N3O5. The molecule has 0 aliphatic rings. The van der Waals surface area contributed by atoms with Crippen molar-refractivity contribution in [1.29, 1.82) is 0 Å². The first-order valence-corrected chi connectivity index (χ1v) is 9.61. The highest BCUT2D eigenvalue weighted by molar-refractivity contribution is 5.81. The van der Waals surface area contributed by atoms with Crippen molar-refractivity contribution < 1.29 is 14.3 Å². The number of carbonyl (C=O) groups is 1. The maximum atomic E-state index is 12.8. The molecule has 0 bridgehead atoms. The van der Waals surface area contributed by atoms with Gasteiger partial charge in [-0.1, -0.05) is 30.3 Å². The van der Waals surface area contributed by atoms with Gasteiger partial charge in [0.15, 0.2) is 11.5 Å². The molecule has 0 spiro atoms. The number of ether oxygens (including phenoxy) is 2. The smallest absolute Gasteiger partial charge is 0.328 e. The summed E-state index contributed by atoms with van der Waals surface area (Å²) in [5.74, 6) is 0.777. The van der Waals surface area contributed by atoms with Crippen LogP contribution in [0.25, 0.3) is 10.9 Å². The maximum absolute atomic E-state index is 12.8. The number of aromatic amines is 1. The van der Waals surface area contributed by atoms with Crippen LogP contribution in [0.15, 0.2) is 52.1 Å². The van der Waals surface area contributed by atoms with Gasteiger partial charge in [0.1, 0.15) is 0 Å². The Morgan fingerprint density at radius 2 is 1.73 bits per heavy atom. The molecule has 0 saturated carbocycles. The molecule has 0 aliphatic carbocycles. The van der Waals surface area contributed by atoms with Crippen molar-refractivity contribution >= 4 is 16.8 Å². The molecule has 0 unspecified atom stereocenters. The molecule has 0 radical (unpaired) electrons. The van der Waals surface area contributed by atoms with E-state index < -0.39 is 11.2 Å². The molecule has 1 aromatic heterocycles. The van der Waals surface area contributed by atoms with Gasteiger partial charge < -0.3 is 19.4 Å². The van der Waals surface area contributed by atoms with E-state index in [9.17, 15) is 14.4 Å². The van der Waals surface area contributed by atoms with Crippen molar-refractivity contribution in [2.45, 2.75) is 25.9 Å². The largest absolute Gasteiger partial charge is 0.493 e. The second-order valence-electron chi connectivity index (χ2n) is 6.98. The van der Waals surface area contributed by atoms with Gasteiger partial charge in [-0.25, -0.2) is 4.79 Å². The molecule has 3 rings (SSSR count). The van der Waals surface area contributed by atoms with Crippen LogP contribution in [0.2, 0.25) is 0 Å². The summed E-state index contributed by atoms with van der Waals surface area (Å²) < 4.78 is 11.6. The molecule has 0 fully saturated rings. The third-order valence-corrected chi connectivity index (χ3v) is 4.95. The Balaban J connectivity index is 1.72. The highest BCUT2D eigenvalue weighted by atomic mass is 16.5. The molecule has 3 aromatic rings. The van der Waals surface area contributed by atoms with Gasteiger partial charge in [-0.15, -0.1) is 0 Å². The van der Waals surface area contributed by atoms with E-state index in [2.05, 4.69) is 4.98 Å². The number of nitrogens with zero attached hydrogens (tertiary/aromatic N) is 2. The van der Waals surface area contributed by atoms with Gasteiger partial charge in [0, 0.05) is 32.6 Å². The second kappa shape index (κ2) is 9.30. The van der Waals surface area contributed by atoms with Crippen molar-refractivity contribution in [3.8, 4) is 11.5 Å². The highest BCUT2D eigenvalue weighted by Crippen LogP contribution is 2.29. The van der Waals surface area contributed by atoms with E-state index in [1.54, 1.807) is 24.1 Å². The maximum Gasteiger partial charge on any atom is 0.328 e. The summed E-state index contributed by atoms with van der Waals surface area (Å²) in [6.07, 6.45) is 0.610. The highest BCUT2D eigenvalue weighted by Gasteiger charge is 2.14. The van der Waals surface area contributed by atoms with E-state index in [1.807, 2.05) is 30.3 Å². The van der Waals surface area contributed by atoms with Gasteiger partial charge in [-0.05, 0) is 18.1 Å². The van der Waals surface area contributed by atoms with E-state index in [1.165, 1.54) is 14.2 Å². The monoisotopic (exact) mass is 411 g/mol. The lowest BCUT2D eigenvalue weighted by molar-refractivity contribution is -0.130. The summed E-state index contributed by atoms with van der Waals surface area (Å²) in [5.41, 5.74) is 0.460. The molecule has 1 amide bonds. The van der Waals surface area contributed by atoms with Crippen LogP contribution < -0.4 is 20.7 Å². The number of H-pyrrole nitrogens is 1. The lowest BCUT2D eigenvalue weighted by atomic mass is 10.2. The zero-order valence-corrected chi connectivity index (χ0v) is 17.3. The number of hydrogen-bond acceptors (Lipinski definition) is 5. The molecule has 1 N–H and O–H groups in total. The molecule has 30 heavy (non-hydrogen) atoms. The first-order valence-electron chi connectivity index (χ1n) is 9.61. The van der Waals surface area contributed by atoms with Crippen LogP contribution in [0, 0.1) is 0 Å². The number of hydrogen-bond donors (Lipinski definition) is 1. The SMILES string of the molecule is COc1cc2[nH]c(=O)n(CCCC(=O)N(C)Cc3ccccc3)c(=O)c2cc1OC. The van der Waals surface area contributed by atoms with E-state index in [4.69, 9.17) is 9.47 Å². The van der Waals surface area contributed by atoms with Gasteiger partial charge in [-0.3, -0.25) is 14.2 Å². The lowest BCUT2D eigenvalue weighted by Gasteiger charge is -2.17. The second-order valence-corrected chi connectivity index (χ2v) is 6.98. The fourth-order valence-electron chi connectivity index (χ4n) is 3.31. The fourth-order valence-corrected chi connectivity index (χ4v) is 3.31. The van der Waals surface area contributed by atoms with Crippen molar-refractivity contribution in [2.24, 2.45) is 0 Å². The topological polar surface area (TPSA) is 93.6 Å². The molecule has 2 aromatic carbocycles. The number of rotatable bonds is 8. The first-order chi connectivity index (χ1) is 14.4. The lowest BCUT2D eigenvalue weighted by Crippen LogP contribution is -2.35. The van der Waals surface area contributed by atoms with Crippen LogP contribution in [0.1, 0.15) is 18.4 Å². The van der Waals surface area contributed by atoms with E-state index in [0.29, 0.717) is 35.4 Å². The Morgan fingerprint density at radius 1 is 1.07 bits per heavy atom. The van der Waals surface area contributed by atoms with Crippen LogP contribution in [-0.2, 0) is 17.9 Å². The number of benzene rings is 2. The van der Waals surface area contributed by atoms with Gasteiger partial charge in [-0.2, -0.15) is 0 Å². The summed E-state index contributed by atoms with van der Waals surface area (Å²) >= 11 is 0. The number of aromatic nitrogens is 2. The van der Waals surface area contributed by atoms with Crippen LogP contribution >= 0.6 is 0 Å². The van der Waals surface area contributed by atoms with Crippen molar-refractivity contribution in [1.82, 2.24) is 14.5 Å². The molecule has 8 heteroatoms. The summed E-state index contributed by atoms with van der Waals surface area (Å²) in [5, 5.41) is 0.319. The van der Waals surface area contributed by atoms with E-state index in [0.717, 1.165) is 10.1 Å². The predicted molar refractivity (Wildman–Crippen MR) is 114 cm³/mol. The third-order valence-electron chi connectivity index (χ3n) is 4.95. The summed E-state index contributed by atoms with van der Waals surface area (Å²) in [7, 11) is 4.70. The average molecular weight is 411 g/mol. The van der Waals surface area contributed by atoms with Crippen molar-refractivity contribution in [2.75, 3.05) is 21.3 Å². The zero-order chi connectivity index (χ0) is 21.7. The van der Waals surface area contributed by atoms with Gasteiger partial charge >= 0.3 is 5.69 Å². The van der Waals surface area contributed by atoms with Crippen LogP contribution in [0.3, 0.4) is 0 Å². The summed E-state index contributed by atoms with van der Waals surface area (Å²) in [4.78, 5) is 41.9. The molecule has 0 saturated heterocycles. The van der Waals surface area contributed by atoms with Crippen molar-refractivity contribution in [3.63, 3.8) is 0 Å². The minimum absolute atomic E-state index is 0.0458. The van der Waals surface area contributed by atoms with Crippen LogP contribution in [-0.4, -0.2) is 41.6 Å². The van der Waals surface area contributed by atoms with E-state index >= 15 is 0 Å². The van der Waals surface area contributed by atoms with Gasteiger partial charge in [0.2, 0.25) is 5.91 Å². The van der Waals surface area contributed by atoms with Crippen molar-refractivity contribution in [3.05, 3.63) is 68.9 Å². The molecule has 1 heterocycles. The predicted octanol–water partition coefficient (Wildman–Crippen LogP) is 2.15. The number of carbonyl (C=O) groups excluding carboxylic acids is 1. The molecule has 158 valence electrons. The summed E-state index contributed by atoms with van der Waals surface area (Å²) in [6.45, 7) is 0.654. The minimum Gasteiger partial charge on any atom is -0.493 e. The number of amides is 1. The van der Waals surface area contributed by atoms with E-state index in [-0.39, 0.29) is 18.9 Å². The Bertz CT molecular complexity index is 1150. The Kier molecular flexibility index (Phi) is 6.56. The summed E-state index contributed by atoms with van der Waals surface area (Å²) in [6, 6.07) is 12.8. The number of fused-ring (bicyclic) bond motifs is 1. The third kappa shape index (κ3) is 4.53. The zero-order valence-electron chi connectivity index (χ0n) is 17.3. The Hall–Kier alpha value is -3.55. The Labute approximate surface area is 173 Å². The normalized spacial score (nSPS) is 10.8. The van der Waals surface area contributed by atoms with Crippen LogP contribution in [0.4, 0.5) is 0 Å². The molecular weight excluding hydrogens is 386 g/mol. The molecule has 0 atom stereocenters. The first kappa shape index (κ1) is 21.2. The molecule has 8 nitrogen and oxygen atoms in total. The minimum atomic E-state index is -0.523. The standard InChI is InChI=1S/C22H25N3O5/c1-24(14-15-8-5-4-6-9-15)20(26)10-7-11-25-21(27)16-12-18(29-2)19(30-3)13-17(16)23-22(25)28/h4-6,8-9,12-13H,7,10-11,14H2,1-3H3,(H,23,28). The quantitative estimate of drug-likeness (QED) is 0.613. The van der Waals surface area contributed by atoms with Crippen LogP contribution in [0.5, 0.6) is 11.5 Å². The fraction of sp³-hybridized carbons (Fsp3) is 0.318. The van der Waals surface area contributed by atoms with Gasteiger partial charge in [0.05, 0.1) is 25.1 Å². The average Bonchev–Trinajstić information content (AvgIpc) is 2.75. The number of nitrogens with one attached hydrogen (secondary N) is 1.